The van der Waals surface area contributed by atoms with Crippen molar-refractivity contribution in [3.8, 4) is 11.5 Å². The van der Waals surface area contributed by atoms with Crippen molar-refractivity contribution in [2.24, 2.45) is 0 Å². The van der Waals surface area contributed by atoms with Crippen molar-refractivity contribution >= 4 is 12.1 Å². The highest BCUT2D eigenvalue weighted by Gasteiger charge is 2.06. The van der Waals surface area contributed by atoms with E-state index in [1.807, 2.05) is 0 Å². The highest BCUT2D eigenvalue weighted by Crippen LogP contribution is 2.16. The number of hydrogen-bond acceptors (Lipinski definition) is 6. The van der Waals surface area contributed by atoms with Crippen LogP contribution in [-0.4, -0.2) is 30.4 Å². The smallest absolute Gasteiger partial charge is 0.508 e. The minimum atomic E-state index is -0.921. The lowest BCUT2D eigenvalue weighted by Crippen LogP contribution is -2.15. The van der Waals surface area contributed by atoms with Gasteiger partial charge in [-0.05, 0) is 24.3 Å². The first-order chi connectivity index (χ1) is 8.61. The normalized spacial score (nSPS) is 9.33. The van der Waals surface area contributed by atoms with Crippen LogP contribution in [-0.2, 0) is 14.3 Å². The summed E-state index contributed by atoms with van der Waals surface area (Å²) in [6.07, 6.45) is 0.0877. The van der Waals surface area contributed by atoms with E-state index in [-0.39, 0.29) is 24.7 Å². The number of carbonyl (C=O) groups excluding carboxylic acids is 2. The van der Waals surface area contributed by atoms with Crippen molar-refractivity contribution in [1.29, 1.82) is 0 Å². The summed E-state index contributed by atoms with van der Waals surface area (Å²) in [5.74, 6) is -0.293. The van der Waals surface area contributed by atoms with Gasteiger partial charge in [0.1, 0.15) is 24.7 Å². The van der Waals surface area contributed by atoms with Gasteiger partial charge in [0.25, 0.3) is 0 Å². The van der Waals surface area contributed by atoms with Crippen molar-refractivity contribution < 1.29 is 28.9 Å². The van der Waals surface area contributed by atoms with Crippen LogP contribution >= 0.6 is 0 Å². The molecule has 1 N–H and O–H groups in total. The van der Waals surface area contributed by atoms with Crippen molar-refractivity contribution in [2.75, 3.05) is 13.2 Å². The summed E-state index contributed by atoms with van der Waals surface area (Å²) in [5, 5.41) is 9.01. The third-order valence-corrected chi connectivity index (χ3v) is 1.75. The summed E-state index contributed by atoms with van der Waals surface area (Å²) < 4.78 is 14.0. The van der Waals surface area contributed by atoms with E-state index in [1.165, 1.54) is 24.3 Å². The molecule has 0 unspecified atom stereocenters. The molecule has 0 radical (unpaired) electrons. The fraction of sp³-hybridized carbons (Fsp3) is 0.167. The maximum Gasteiger partial charge on any atom is 0.513 e. The summed E-state index contributed by atoms with van der Waals surface area (Å²) >= 11 is 0. The average molecular weight is 252 g/mol. The van der Waals surface area contributed by atoms with Crippen LogP contribution in [0.15, 0.2) is 36.9 Å². The summed E-state index contributed by atoms with van der Waals surface area (Å²) in [6, 6.07) is 5.56. The molecule has 0 aliphatic rings. The number of phenols is 1. The SMILES string of the molecule is C=CC(=O)OCCOC(=O)Oc1ccc(O)cc1. The summed E-state index contributed by atoms with van der Waals surface area (Å²) in [5.41, 5.74) is 0. The molecule has 6 heteroatoms. The number of carbonyl (C=O) groups is 2. The summed E-state index contributed by atoms with van der Waals surface area (Å²) in [4.78, 5) is 21.8. The molecular formula is C12H12O6. The first-order valence-corrected chi connectivity index (χ1v) is 5.04. The van der Waals surface area contributed by atoms with Crippen molar-refractivity contribution in [3.05, 3.63) is 36.9 Å². The second-order valence-corrected chi connectivity index (χ2v) is 3.07. The van der Waals surface area contributed by atoms with Gasteiger partial charge in [-0.3, -0.25) is 0 Å². The Hall–Kier alpha value is -2.50. The van der Waals surface area contributed by atoms with Crippen LogP contribution in [0.4, 0.5) is 4.79 Å². The fourth-order valence-corrected chi connectivity index (χ4v) is 0.966. The van der Waals surface area contributed by atoms with Gasteiger partial charge in [-0.15, -0.1) is 0 Å². The molecule has 0 fully saturated rings. The highest BCUT2D eigenvalue weighted by atomic mass is 16.7. The van der Waals surface area contributed by atoms with Crippen molar-refractivity contribution in [1.82, 2.24) is 0 Å². The van der Waals surface area contributed by atoms with Crippen LogP contribution in [0.2, 0.25) is 0 Å². The number of phenolic OH excluding ortho intramolecular Hbond substituents is 1. The van der Waals surface area contributed by atoms with Gasteiger partial charge in [0.05, 0.1) is 0 Å². The number of rotatable bonds is 5. The minimum absolute atomic E-state index is 0.0621. The molecule has 96 valence electrons. The molecule has 0 atom stereocenters. The predicted molar refractivity (Wildman–Crippen MR) is 61.2 cm³/mol. The number of hydrogen-bond donors (Lipinski definition) is 1. The van der Waals surface area contributed by atoms with Gasteiger partial charge in [-0.2, -0.15) is 0 Å². The van der Waals surface area contributed by atoms with Gasteiger partial charge < -0.3 is 19.3 Å². The molecule has 0 heterocycles. The van der Waals surface area contributed by atoms with Crippen molar-refractivity contribution in [2.45, 2.75) is 0 Å². The van der Waals surface area contributed by atoms with E-state index in [9.17, 15) is 9.59 Å². The Kier molecular flexibility index (Phi) is 5.24. The molecule has 0 saturated heterocycles. The number of esters is 1. The lowest BCUT2D eigenvalue weighted by molar-refractivity contribution is -0.138. The van der Waals surface area contributed by atoms with Gasteiger partial charge in [-0.1, -0.05) is 6.58 Å². The maximum atomic E-state index is 11.1. The first-order valence-electron chi connectivity index (χ1n) is 5.04. The van der Waals surface area contributed by atoms with Gasteiger partial charge in [0.15, 0.2) is 0 Å². The predicted octanol–water partition coefficient (Wildman–Crippen LogP) is 1.64. The van der Waals surface area contributed by atoms with Crippen LogP contribution in [0.3, 0.4) is 0 Å². The number of ether oxygens (including phenoxy) is 3. The fourth-order valence-electron chi connectivity index (χ4n) is 0.966. The van der Waals surface area contributed by atoms with E-state index in [1.54, 1.807) is 0 Å². The molecule has 1 rings (SSSR count). The molecule has 1 aromatic rings. The quantitative estimate of drug-likeness (QED) is 0.371. The Labute approximate surface area is 103 Å². The zero-order valence-electron chi connectivity index (χ0n) is 9.50. The van der Waals surface area contributed by atoms with E-state index >= 15 is 0 Å². The zero-order chi connectivity index (χ0) is 13.4. The minimum Gasteiger partial charge on any atom is -0.508 e. The van der Waals surface area contributed by atoms with E-state index in [4.69, 9.17) is 9.84 Å². The zero-order valence-corrected chi connectivity index (χ0v) is 9.50. The van der Waals surface area contributed by atoms with Crippen LogP contribution < -0.4 is 4.74 Å². The first kappa shape index (κ1) is 13.6. The van der Waals surface area contributed by atoms with Crippen LogP contribution in [0.5, 0.6) is 11.5 Å². The molecule has 0 bridgehead atoms. The molecular weight excluding hydrogens is 240 g/mol. The topological polar surface area (TPSA) is 82.1 Å². The van der Waals surface area contributed by atoms with Crippen LogP contribution in [0, 0.1) is 0 Å². The molecule has 0 aliphatic heterocycles. The van der Waals surface area contributed by atoms with E-state index in [0.29, 0.717) is 0 Å². The molecule has 0 aromatic heterocycles. The lowest BCUT2D eigenvalue weighted by atomic mass is 10.3. The number of aromatic hydroxyl groups is 1. The Morgan fingerprint density at radius 3 is 2.39 bits per heavy atom. The Morgan fingerprint density at radius 1 is 1.17 bits per heavy atom. The van der Waals surface area contributed by atoms with Crippen molar-refractivity contribution in [3.63, 3.8) is 0 Å². The molecule has 0 aliphatic carbocycles. The molecule has 1 aromatic carbocycles. The van der Waals surface area contributed by atoms with Gasteiger partial charge in [0, 0.05) is 6.08 Å². The largest absolute Gasteiger partial charge is 0.513 e. The van der Waals surface area contributed by atoms with Crippen LogP contribution in [0.1, 0.15) is 0 Å². The van der Waals surface area contributed by atoms with E-state index in [0.717, 1.165) is 6.08 Å². The van der Waals surface area contributed by atoms with Gasteiger partial charge in [-0.25, -0.2) is 9.59 Å². The second-order valence-electron chi connectivity index (χ2n) is 3.07. The second kappa shape index (κ2) is 6.95. The Morgan fingerprint density at radius 2 is 1.78 bits per heavy atom. The third-order valence-electron chi connectivity index (χ3n) is 1.75. The van der Waals surface area contributed by atoms with Crippen LogP contribution in [0.25, 0.3) is 0 Å². The third kappa shape index (κ3) is 5.02. The summed E-state index contributed by atoms with van der Waals surface area (Å²) in [7, 11) is 0. The molecule has 0 amide bonds. The maximum absolute atomic E-state index is 11.1. The lowest BCUT2D eigenvalue weighted by Gasteiger charge is -2.05. The number of benzene rings is 1. The van der Waals surface area contributed by atoms with Gasteiger partial charge >= 0.3 is 12.1 Å². The average Bonchev–Trinajstić information content (AvgIpc) is 2.37. The van der Waals surface area contributed by atoms with E-state index < -0.39 is 12.1 Å². The molecule has 0 spiro atoms. The standard InChI is InChI=1S/C12H12O6/c1-2-11(14)16-7-8-17-12(15)18-10-5-3-9(13)4-6-10/h2-6,13H,1,7-8H2. The molecule has 18 heavy (non-hydrogen) atoms. The van der Waals surface area contributed by atoms with Gasteiger partial charge in [0.2, 0.25) is 0 Å². The molecule has 0 saturated carbocycles. The summed E-state index contributed by atoms with van der Waals surface area (Å²) in [6.45, 7) is 3.02. The monoisotopic (exact) mass is 252 g/mol. The Balaban J connectivity index is 2.23. The highest BCUT2D eigenvalue weighted by molar-refractivity contribution is 5.81. The molecule has 6 nitrogen and oxygen atoms in total. The van der Waals surface area contributed by atoms with E-state index in [2.05, 4.69) is 16.1 Å². The Bertz CT molecular complexity index is 423.